The predicted molar refractivity (Wildman–Crippen MR) is 53.4 cm³/mol. The first kappa shape index (κ1) is 10.7. The molecule has 3 heteroatoms. The van der Waals surface area contributed by atoms with E-state index in [1.54, 1.807) is 0 Å². The topological polar surface area (TPSA) is 41.1 Å². The van der Waals surface area contributed by atoms with Crippen LogP contribution in [0.2, 0.25) is 0 Å². The fraction of sp³-hybridized carbons (Fsp3) is 0.900. The summed E-state index contributed by atoms with van der Waals surface area (Å²) in [5.41, 5.74) is -0.259. The van der Waals surface area contributed by atoms with Gasteiger partial charge < -0.3 is 0 Å². The van der Waals surface area contributed by atoms with Crippen LogP contribution in [0.4, 0.5) is 0 Å². The van der Waals surface area contributed by atoms with E-state index in [9.17, 15) is 4.79 Å². The highest BCUT2D eigenvalue weighted by molar-refractivity contribution is 5.88. The molecule has 0 aliphatic carbocycles. The molecule has 0 bridgehead atoms. The van der Waals surface area contributed by atoms with Crippen LogP contribution in [0.15, 0.2) is 0 Å². The van der Waals surface area contributed by atoms with Crippen LogP contribution in [0.1, 0.15) is 27.7 Å². The highest BCUT2D eigenvalue weighted by Crippen LogP contribution is 2.17. The molecule has 2 N–H and O–H groups in total. The second-order valence-corrected chi connectivity index (χ2v) is 4.97. The summed E-state index contributed by atoms with van der Waals surface area (Å²) in [6, 6.07) is 0. The van der Waals surface area contributed by atoms with Gasteiger partial charge >= 0.3 is 0 Å². The largest absolute Gasteiger partial charge is 0.296 e. The summed E-state index contributed by atoms with van der Waals surface area (Å²) in [4.78, 5) is 11.8. The van der Waals surface area contributed by atoms with Crippen molar-refractivity contribution in [1.82, 2.24) is 10.6 Å². The molecule has 13 heavy (non-hydrogen) atoms. The molecule has 0 unspecified atom stereocenters. The Morgan fingerprint density at radius 1 is 1.23 bits per heavy atom. The average molecular weight is 184 g/mol. The van der Waals surface area contributed by atoms with Crippen LogP contribution in [-0.2, 0) is 4.79 Å². The Morgan fingerprint density at radius 3 is 2.08 bits per heavy atom. The second kappa shape index (κ2) is 3.76. The highest BCUT2D eigenvalue weighted by Gasteiger charge is 2.31. The smallest absolute Gasteiger partial charge is 0.169 e. The third kappa shape index (κ3) is 2.78. The summed E-state index contributed by atoms with van der Waals surface area (Å²) in [7, 11) is 0. The van der Waals surface area contributed by atoms with Gasteiger partial charge in [-0.15, -0.1) is 0 Å². The Balaban J connectivity index is 2.50. The Hall–Kier alpha value is -0.410. The van der Waals surface area contributed by atoms with Crippen molar-refractivity contribution in [3.05, 3.63) is 0 Å². The van der Waals surface area contributed by atoms with E-state index < -0.39 is 0 Å². The molecule has 0 aromatic heterocycles. The van der Waals surface area contributed by atoms with Gasteiger partial charge in [0.05, 0.1) is 0 Å². The summed E-state index contributed by atoms with van der Waals surface area (Å²) in [5.74, 6) is 0.864. The normalized spacial score (nSPS) is 30.2. The van der Waals surface area contributed by atoms with E-state index in [1.807, 2.05) is 20.8 Å². The van der Waals surface area contributed by atoms with Gasteiger partial charge in [-0.3, -0.25) is 15.4 Å². The number of nitrogens with one attached hydrogen (secondary N) is 2. The van der Waals surface area contributed by atoms with Crippen LogP contribution in [0, 0.1) is 11.3 Å². The second-order valence-electron chi connectivity index (χ2n) is 4.97. The molecule has 0 saturated carbocycles. The van der Waals surface area contributed by atoms with Crippen molar-refractivity contribution >= 4 is 5.78 Å². The predicted octanol–water partition coefficient (Wildman–Crippen LogP) is 0.757. The maximum Gasteiger partial charge on any atom is 0.169 e. The summed E-state index contributed by atoms with van der Waals surface area (Å²) in [5, 5.41) is 6.43. The molecule has 3 nitrogen and oxygen atoms in total. The summed E-state index contributed by atoms with van der Waals surface area (Å²) >= 11 is 0. The van der Waals surface area contributed by atoms with Crippen LogP contribution < -0.4 is 10.6 Å². The molecular weight excluding hydrogens is 164 g/mol. The van der Waals surface area contributed by atoms with Crippen molar-refractivity contribution < 1.29 is 4.79 Å². The zero-order valence-corrected chi connectivity index (χ0v) is 8.98. The molecular formula is C10H20N2O. The first-order chi connectivity index (χ1) is 5.91. The minimum Gasteiger partial charge on any atom is -0.296 e. The number of carbonyl (C=O) groups is 1. The number of ketones is 1. The molecule has 1 rings (SSSR count). The third-order valence-corrected chi connectivity index (χ3v) is 2.34. The average Bonchev–Trinajstić information content (AvgIpc) is 2.03. The molecule has 1 saturated heterocycles. The standard InChI is InChI=1S/C10H20N2O/c1-7-5-11-9(12-6-7)8(13)10(2,3)4/h7,9,11-12H,5-6H2,1-4H3. The maximum atomic E-state index is 11.8. The van der Waals surface area contributed by atoms with Crippen molar-refractivity contribution in [1.29, 1.82) is 0 Å². The SMILES string of the molecule is CC1CNC(C(=O)C(C)(C)C)NC1. The molecule has 0 spiro atoms. The van der Waals surface area contributed by atoms with Gasteiger partial charge in [0, 0.05) is 18.5 Å². The van der Waals surface area contributed by atoms with Crippen molar-refractivity contribution in [2.24, 2.45) is 11.3 Å². The van der Waals surface area contributed by atoms with E-state index in [1.165, 1.54) is 0 Å². The van der Waals surface area contributed by atoms with Crippen molar-refractivity contribution in [2.45, 2.75) is 33.9 Å². The molecule has 76 valence electrons. The number of carbonyl (C=O) groups excluding carboxylic acids is 1. The first-order valence-corrected chi connectivity index (χ1v) is 4.92. The van der Waals surface area contributed by atoms with E-state index in [4.69, 9.17) is 0 Å². The number of Topliss-reactive ketones (excluding diaryl/α,β-unsaturated/α-hetero) is 1. The molecule has 0 amide bonds. The van der Waals surface area contributed by atoms with E-state index in [0.29, 0.717) is 5.92 Å². The maximum absolute atomic E-state index is 11.8. The van der Waals surface area contributed by atoms with E-state index >= 15 is 0 Å². The Kier molecular flexibility index (Phi) is 3.09. The lowest BCUT2D eigenvalue weighted by Crippen LogP contribution is -2.58. The summed E-state index contributed by atoms with van der Waals surface area (Å²) in [6.45, 7) is 9.89. The van der Waals surface area contributed by atoms with Crippen molar-refractivity contribution in [2.75, 3.05) is 13.1 Å². The van der Waals surface area contributed by atoms with Crippen LogP contribution in [0.3, 0.4) is 0 Å². The van der Waals surface area contributed by atoms with E-state index in [2.05, 4.69) is 17.6 Å². The first-order valence-electron chi connectivity index (χ1n) is 4.92. The zero-order valence-electron chi connectivity index (χ0n) is 8.98. The van der Waals surface area contributed by atoms with Crippen LogP contribution in [-0.4, -0.2) is 25.0 Å². The van der Waals surface area contributed by atoms with Gasteiger partial charge in [-0.2, -0.15) is 0 Å². The molecule has 0 radical (unpaired) electrons. The van der Waals surface area contributed by atoms with Crippen molar-refractivity contribution in [3.8, 4) is 0 Å². The molecule has 1 aliphatic heterocycles. The van der Waals surface area contributed by atoms with Gasteiger partial charge in [0.25, 0.3) is 0 Å². The molecule has 0 aromatic carbocycles. The van der Waals surface area contributed by atoms with Gasteiger partial charge in [-0.05, 0) is 5.92 Å². The Bertz CT molecular complexity index is 188. The molecule has 1 aliphatic rings. The van der Waals surface area contributed by atoms with Crippen LogP contribution >= 0.6 is 0 Å². The van der Waals surface area contributed by atoms with Gasteiger partial charge in [0.1, 0.15) is 6.17 Å². The lowest BCUT2D eigenvalue weighted by molar-refractivity contribution is -0.129. The third-order valence-electron chi connectivity index (χ3n) is 2.34. The van der Waals surface area contributed by atoms with E-state index in [0.717, 1.165) is 13.1 Å². The lowest BCUT2D eigenvalue weighted by atomic mass is 9.88. The molecule has 0 atom stereocenters. The number of rotatable bonds is 1. The molecule has 1 fully saturated rings. The Labute approximate surface area is 80.3 Å². The minimum atomic E-state index is -0.259. The van der Waals surface area contributed by atoms with Gasteiger partial charge in [-0.25, -0.2) is 0 Å². The monoisotopic (exact) mass is 184 g/mol. The quantitative estimate of drug-likeness (QED) is 0.632. The van der Waals surface area contributed by atoms with Gasteiger partial charge in [0.2, 0.25) is 0 Å². The van der Waals surface area contributed by atoms with Crippen molar-refractivity contribution in [3.63, 3.8) is 0 Å². The lowest BCUT2D eigenvalue weighted by Gasteiger charge is -2.32. The van der Waals surface area contributed by atoms with Gasteiger partial charge in [-0.1, -0.05) is 27.7 Å². The highest BCUT2D eigenvalue weighted by atomic mass is 16.1. The van der Waals surface area contributed by atoms with E-state index in [-0.39, 0.29) is 17.4 Å². The number of hydrogen-bond acceptors (Lipinski definition) is 3. The Morgan fingerprint density at radius 2 is 1.69 bits per heavy atom. The zero-order chi connectivity index (χ0) is 10.1. The molecule has 1 heterocycles. The van der Waals surface area contributed by atoms with Gasteiger partial charge in [0.15, 0.2) is 5.78 Å². The fourth-order valence-corrected chi connectivity index (χ4v) is 1.40. The summed E-state index contributed by atoms with van der Waals surface area (Å²) in [6.07, 6.45) is -0.142. The van der Waals surface area contributed by atoms with Crippen LogP contribution in [0.5, 0.6) is 0 Å². The summed E-state index contributed by atoms with van der Waals surface area (Å²) < 4.78 is 0. The minimum absolute atomic E-state index is 0.142. The molecule has 0 aromatic rings. The van der Waals surface area contributed by atoms with Crippen LogP contribution in [0.25, 0.3) is 0 Å². The fourth-order valence-electron chi connectivity index (χ4n) is 1.40. The number of hydrogen-bond donors (Lipinski definition) is 2.